The third-order valence-corrected chi connectivity index (χ3v) is 3.18. The summed E-state index contributed by atoms with van der Waals surface area (Å²) in [4.78, 5) is 26.7. The van der Waals surface area contributed by atoms with E-state index < -0.39 is 5.97 Å². The highest BCUT2D eigenvalue weighted by Gasteiger charge is 2.13. The average molecular weight is 305 g/mol. The Kier molecular flexibility index (Phi) is 4.90. The minimum atomic E-state index is -0.883. The van der Waals surface area contributed by atoms with E-state index in [2.05, 4.69) is 10.3 Å². The molecule has 21 heavy (non-hydrogen) atoms. The first kappa shape index (κ1) is 15.0. The molecule has 0 spiro atoms. The number of benzene rings is 1. The van der Waals surface area contributed by atoms with E-state index in [9.17, 15) is 9.59 Å². The van der Waals surface area contributed by atoms with Gasteiger partial charge in [0.1, 0.15) is 5.15 Å². The number of nitrogens with one attached hydrogen (secondary N) is 1. The second-order valence-electron chi connectivity index (χ2n) is 4.35. The first-order valence-corrected chi connectivity index (χ1v) is 6.67. The molecule has 0 saturated carbocycles. The lowest BCUT2D eigenvalue weighted by Gasteiger charge is -2.10. The third-order valence-electron chi connectivity index (χ3n) is 2.88. The maximum Gasteiger partial charge on any atom is 0.303 e. The van der Waals surface area contributed by atoms with Crippen LogP contribution in [0, 0.1) is 0 Å². The number of carbonyl (C=O) groups excluding carboxylic acids is 1. The van der Waals surface area contributed by atoms with Gasteiger partial charge < -0.3 is 10.4 Å². The van der Waals surface area contributed by atoms with E-state index in [1.54, 1.807) is 36.4 Å². The Labute approximate surface area is 126 Å². The summed E-state index contributed by atoms with van der Waals surface area (Å²) in [6, 6.07) is 10.3. The first-order valence-electron chi connectivity index (χ1n) is 6.29. The summed E-state index contributed by atoms with van der Waals surface area (Å²) < 4.78 is 0. The smallest absolute Gasteiger partial charge is 0.303 e. The van der Waals surface area contributed by atoms with Gasteiger partial charge in [0.05, 0.1) is 5.56 Å². The highest BCUT2D eigenvalue weighted by atomic mass is 35.5. The molecule has 5 nitrogen and oxygen atoms in total. The zero-order valence-electron chi connectivity index (χ0n) is 11.0. The van der Waals surface area contributed by atoms with E-state index in [0.29, 0.717) is 12.1 Å². The lowest BCUT2D eigenvalue weighted by atomic mass is 10.1. The minimum absolute atomic E-state index is 0.000528. The SMILES string of the molecule is O=C(O)CCc1ccccc1NC(=O)c1cccnc1Cl. The maximum absolute atomic E-state index is 12.2. The van der Waals surface area contributed by atoms with Gasteiger partial charge in [0.25, 0.3) is 5.91 Å². The average Bonchev–Trinajstić information content (AvgIpc) is 2.46. The number of carbonyl (C=O) groups is 2. The summed E-state index contributed by atoms with van der Waals surface area (Å²) in [6.07, 6.45) is 1.84. The minimum Gasteiger partial charge on any atom is -0.481 e. The molecular formula is C15H13ClN2O3. The van der Waals surface area contributed by atoms with Crippen LogP contribution in [-0.2, 0) is 11.2 Å². The van der Waals surface area contributed by atoms with Gasteiger partial charge in [-0.05, 0) is 30.2 Å². The van der Waals surface area contributed by atoms with Gasteiger partial charge in [-0.1, -0.05) is 29.8 Å². The number of carboxylic acids is 1. The van der Waals surface area contributed by atoms with Crippen LogP contribution in [0.15, 0.2) is 42.6 Å². The molecule has 1 heterocycles. The zero-order chi connectivity index (χ0) is 15.2. The van der Waals surface area contributed by atoms with Gasteiger partial charge in [0, 0.05) is 18.3 Å². The van der Waals surface area contributed by atoms with Gasteiger partial charge in [0.2, 0.25) is 0 Å². The Bertz CT molecular complexity index is 673. The zero-order valence-corrected chi connectivity index (χ0v) is 11.8. The quantitative estimate of drug-likeness (QED) is 0.832. The van der Waals surface area contributed by atoms with Crippen molar-refractivity contribution in [3.63, 3.8) is 0 Å². The van der Waals surface area contributed by atoms with Crippen LogP contribution in [0.1, 0.15) is 22.3 Å². The molecule has 0 radical (unpaired) electrons. The molecule has 0 aliphatic rings. The predicted molar refractivity (Wildman–Crippen MR) is 79.6 cm³/mol. The van der Waals surface area contributed by atoms with Gasteiger partial charge in [0.15, 0.2) is 0 Å². The molecular weight excluding hydrogens is 292 g/mol. The summed E-state index contributed by atoms with van der Waals surface area (Å²) in [7, 11) is 0. The molecule has 1 amide bonds. The lowest BCUT2D eigenvalue weighted by Crippen LogP contribution is -2.14. The van der Waals surface area contributed by atoms with Gasteiger partial charge in [-0.2, -0.15) is 0 Å². The van der Waals surface area contributed by atoms with E-state index >= 15 is 0 Å². The van der Waals surface area contributed by atoms with Crippen LogP contribution in [-0.4, -0.2) is 22.0 Å². The molecule has 0 atom stereocenters. The fourth-order valence-corrected chi connectivity index (χ4v) is 2.05. The second kappa shape index (κ2) is 6.85. The Morgan fingerprint density at radius 1 is 1.19 bits per heavy atom. The van der Waals surface area contributed by atoms with E-state index in [1.165, 1.54) is 6.20 Å². The molecule has 1 aromatic carbocycles. The number of hydrogen-bond acceptors (Lipinski definition) is 3. The lowest BCUT2D eigenvalue weighted by molar-refractivity contribution is -0.136. The molecule has 0 aliphatic heterocycles. The maximum atomic E-state index is 12.2. The number of carboxylic acid groups (broad SMARTS) is 1. The predicted octanol–water partition coefficient (Wildman–Crippen LogP) is 3.00. The van der Waals surface area contributed by atoms with Crippen molar-refractivity contribution >= 4 is 29.2 Å². The Morgan fingerprint density at radius 3 is 2.67 bits per heavy atom. The van der Waals surface area contributed by atoms with Crippen LogP contribution in [0.5, 0.6) is 0 Å². The fourth-order valence-electron chi connectivity index (χ4n) is 1.85. The molecule has 0 aliphatic carbocycles. The fraction of sp³-hybridized carbons (Fsp3) is 0.133. The van der Waals surface area contributed by atoms with Crippen LogP contribution in [0.3, 0.4) is 0 Å². The number of anilines is 1. The highest BCUT2D eigenvalue weighted by molar-refractivity contribution is 6.33. The number of aryl methyl sites for hydroxylation is 1. The van der Waals surface area contributed by atoms with E-state index in [-0.39, 0.29) is 23.0 Å². The molecule has 0 unspecified atom stereocenters. The van der Waals surface area contributed by atoms with Crippen molar-refractivity contribution in [3.8, 4) is 0 Å². The third kappa shape index (κ3) is 4.03. The molecule has 6 heteroatoms. The largest absolute Gasteiger partial charge is 0.481 e. The molecule has 1 aromatic heterocycles. The molecule has 0 saturated heterocycles. The van der Waals surface area contributed by atoms with E-state index in [1.807, 2.05) is 0 Å². The van der Waals surface area contributed by atoms with Gasteiger partial charge >= 0.3 is 5.97 Å². The molecule has 2 N–H and O–H groups in total. The van der Waals surface area contributed by atoms with Gasteiger partial charge in [-0.3, -0.25) is 9.59 Å². The summed E-state index contributed by atoms with van der Waals surface area (Å²) in [5.74, 6) is -1.26. The topological polar surface area (TPSA) is 79.3 Å². The number of halogens is 1. The number of aliphatic carboxylic acids is 1. The summed E-state index contributed by atoms with van der Waals surface area (Å²) in [6.45, 7) is 0. The number of nitrogens with zero attached hydrogens (tertiary/aromatic N) is 1. The summed E-state index contributed by atoms with van der Waals surface area (Å²) in [5, 5.41) is 11.6. The van der Waals surface area contributed by atoms with Gasteiger partial charge in [-0.25, -0.2) is 4.98 Å². The van der Waals surface area contributed by atoms with Crippen molar-refractivity contribution in [2.24, 2.45) is 0 Å². The number of hydrogen-bond donors (Lipinski definition) is 2. The highest BCUT2D eigenvalue weighted by Crippen LogP contribution is 2.19. The Hall–Kier alpha value is -2.40. The van der Waals surface area contributed by atoms with Crippen molar-refractivity contribution in [2.45, 2.75) is 12.8 Å². The van der Waals surface area contributed by atoms with Crippen molar-refractivity contribution in [3.05, 3.63) is 58.9 Å². The first-order chi connectivity index (χ1) is 10.1. The Balaban J connectivity index is 2.18. The van der Waals surface area contributed by atoms with E-state index in [4.69, 9.17) is 16.7 Å². The second-order valence-corrected chi connectivity index (χ2v) is 4.70. The molecule has 0 fully saturated rings. The van der Waals surface area contributed by atoms with Crippen molar-refractivity contribution in [2.75, 3.05) is 5.32 Å². The monoisotopic (exact) mass is 304 g/mol. The van der Waals surface area contributed by atoms with Crippen LogP contribution < -0.4 is 5.32 Å². The Morgan fingerprint density at radius 2 is 1.95 bits per heavy atom. The number of rotatable bonds is 5. The van der Waals surface area contributed by atoms with E-state index in [0.717, 1.165) is 5.56 Å². The van der Waals surface area contributed by atoms with Crippen LogP contribution in [0.2, 0.25) is 5.15 Å². The standard InChI is InChI=1S/C15H13ClN2O3/c16-14-11(5-3-9-17-14)15(21)18-12-6-2-1-4-10(12)7-8-13(19)20/h1-6,9H,7-8H2,(H,18,21)(H,19,20). The molecule has 0 bridgehead atoms. The van der Waals surface area contributed by atoms with Crippen LogP contribution >= 0.6 is 11.6 Å². The molecule has 2 rings (SSSR count). The number of amides is 1. The van der Waals surface area contributed by atoms with Crippen molar-refractivity contribution in [1.82, 2.24) is 4.98 Å². The molecule has 108 valence electrons. The number of aromatic nitrogens is 1. The summed E-state index contributed by atoms with van der Waals surface area (Å²) >= 11 is 5.88. The van der Waals surface area contributed by atoms with Crippen molar-refractivity contribution < 1.29 is 14.7 Å². The van der Waals surface area contributed by atoms with Crippen LogP contribution in [0.25, 0.3) is 0 Å². The number of para-hydroxylation sites is 1. The molecule has 2 aromatic rings. The van der Waals surface area contributed by atoms with Crippen molar-refractivity contribution in [1.29, 1.82) is 0 Å². The normalized spacial score (nSPS) is 10.1. The summed E-state index contributed by atoms with van der Waals surface area (Å²) in [5.41, 5.74) is 1.60. The van der Waals surface area contributed by atoms with Gasteiger partial charge in [-0.15, -0.1) is 0 Å². The van der Waals surface area contributed by atoms with Crippen LogP contribution in [0.4, 0.5) is 5.69 Å². The number of pyridine rings is 1.